The van der Waals surface area contributed by atoms with Crippen LogP contribution in [-0.4, -0.2) is 27.0 Å². The van der Waals surface area contributed by atoms with Gasteiger partial charge in [0.2, 0.25) is 0 Å². The third kappa shape index (κ3) is 5.38. The topological polar surface area (TPSA) is 46.2 Å². The van der Waals surface area contributed by atoms with E-state index in [1.54, 1.807) is 0 Å². The zero-order chi connectivity index (χ0) is 13.8. The lowest BCUT2D eigenvalue weighted by molar-refractivity contribution is 0.548. The third-order valence-corrected chi connectivity index (χ3v) is 4.60. The molecule has 0 aliphatic carbocycles. The molecule has 0 fully saturated rings. The molecule has 0 bridgehead atoms. The van der Waals surface area contributed by atoms with Crippen LogP contribution in [0.15, 0.2) is 27.1 Å². The fraction of sp³-hybridized carbons (Fsp3) is 0.500. The summed E-state index contributed by atoms with van der Waals surface area (Å²) >= 11 is 6.89. The van der Waals surface area contributed by atoms with E-state index < -0.39 is 9.84 Å². The largest absolute Gasteiger partial charge is 0.309 e. The van der Waals surface area contributed by atoms with Gasteiger partial charge < -0.3 is 5.32 Å². The van der Waals surface area contributed by atoms with Crippen molar-refractivity contribution in [2.24, 2.45) is 0 Å². The fourth-order valence-electron chi connectivity index (χ4n) is 1.66. The lowest BCUT2D eigenvalue weighted by Crippen LogP contribution is -2.28. The normalized spacial score (nSPS) is 13.6. The summed E-state index contributed by atoms with van der Waals surface area (Å²) in [6.07, 6.45) is 2.23. The summed E-state index contributed by atoms with van der Waals surface area (Å²) in [4.78, 5) is 0. The molecule has 0 aliphatic rings. The standard InChI is InChI=1S/C12H17Br2NO2S/c1-3-6-15-12(8-18(2,16)17)10-7-9(13)4-5-11(10)14/h4-5,7,12,15H,3,6,8H2,1-2H3. The molecule has 0 aliphatic heterocycles. The Balaban J connectivity index is 3.04. The second kappa shape index (κ2) is 7.03. The molecule has 1 unspecified atom stereocenters. The molecule has 0 aromatic heterocycles. The molecular formula is C12H17Br2NO2S. The van der Waals surface area contributed by atoms with Crippen molar-refractivity contribution >= 4 is 41.7 Å². The van der Waals surface area contributed by atoms with E-state index in [2.05, 4.69) is 44.1 Å². The van der Waals surface area contributed by atoms with Crippen molar-refractivity contribution < 1.29 is 8.42 Å². The minimum Gasteiger partial charge on any atom is -0.309 e. The van der Waals surface area contributed by atoms with Gasteiger partial charge in [-0.2, -0.15) is 0 Å². The van der Waals surface area contributed by atoms with Crippen molar-refractivity contribution in [3.8, 4) is 0 Å². The average molecular weight is 399 g/mol. The van der Waals surface area contributed by atoms with Crippen molar-refractivity contribution in [2.75, 3.05) is 18.6 Å². The van der Waals surface area contributed by atoms with Crippen LogP contribution < -0.4 is 5.32 Å². The monoisotopic (exact) mass is 397 g/mol. The van der Waals surface area contributed by atoms with Crippen molar-refractivity contribution in [3.05, 3.63) is 32.7 Å². The first-order valence-corrected chi connectivity index (χ1v) is 9.34. The SMILES string of the molecule is CCCNC(CS(C)(=O)=O)c1cc(Br)ccc1Br. The molecular weight excluding hydrogens is 382 g/mol. The van der Waals surface area contributed by atoms with E-state index in [1.165, 1.54) is 6.26 Å². The van der Waals surface area contributed by atoms with Crippen LogP contribution in [-0.2, 0) is 9.84 Å². The molecule has 0 heterocycles. The van der Waals surface area contributed by atoms with Crippen LogP contribution >= 0.6 is 31.9 Å². The van der Waals surface area contributed by atoms with Gasteiger partial charge in [0.05, 0.1) is 5.75 Å². The molecule has 0 amide bonds. The summed E-state index contributed by atoms with van der Waals surface area (Å²) in [6, 6.07) is 5.60. The van der Waals surface area contributed by atoms with Gasteiger partial charge in [0.25, 0.3) is 0 Å². The Bertz CT molecular complexity index is 503. The maximum Gasteiger partial charge on any atom is 0.149 e. The van der Waals surface area contributed by atoms with E-state index in [0.29, 0.717) is 0 Å². The first kappa shape index (κ1) is 16.1. The molecule has 1 aromatic carbocycles. The molecule has 1 atom stereocenters. The quantitative estimate of drug-likeness (QED) is 0.799. The third-order valence-electron chi connectivity index (χ3n) is 2.44. The Labute approximate surface area is 126 Å². The van der Waals surface area contributed by atoms with E-state index >= 15 is 0 Å². The zero-order valence-electron chi connectivity index (χ0n) is 10.4. The van der Waals surface area contributed by atoms with E-state index in [-0.39, 0.29) is 11.8 Å². The fourth-order valence-corrected chi connectivity index (χ4v) is 3.47. The molecule has 1 N–H and O–H groups in total. The number of sulfone groups is 1. The first-order valence-electron chi connectivity index (χ1n) is 5.69. The molecule has 0 radical (unpaired) electrons. The molecule has 102 valence electrons. The highest BCUT2D eigenvalue weighted by Gasteiger charge is 2.19. The average Bonchev–Trinajstić information content (AvgIpc) is 2.26. The number of benzene rings is 1. The van der Waals surface area contributed by atoms with Crippen LogP contribution in [0.3, 0.4) is 0 Å². The van der Waals surface area contributed by atoms with Crippen LogP contribution in [0.1, 0.15) is 24.9 Å². The van der Waals surface area contributed by atoms with Gasteiger partial charge in [-0.05, 0) is 36.7 Å². The Hall–Kier alpha value is 0.0900. The number of hydrogen-bond donors (Lipinski definition) is 1. The second-order valence-electron chi connectivity index (χ2n) is 4.26. The maximum atomic E-state index is 11.5. The smallest absolute Gasteiger partial charge is 0.149 e. The molecule has 18 heavy (non-hydrogen) atoms. The van der Waals surface area contributed by atoms with Gasteiger partial charge >= 0.3 is 0 Å². The summed E-state index contributed by atoms with van der Waals surface area (Å²) in [6.45, 7) is 2.85. The van der Waals surface area contributed by atoms with E-state index in [4.69, 9.17) is 0 Å². The highest BCUT2D eigenvalue weighted by Crippen LogP contribution is 2.27. The van der Waals surface area contributed by atoms with Crippen LogP contribution in [0.5, 0.6) is 0 Å². The number of rotatable bonds is 6. The summed E-state index contributed by atoms with van der Waals surface area (Å²) in [5.74, 6) is 0.0993. The molecule has 1 rings (SSSR count). The predicted molar refractivity (Wildman–Crippen MR) is 82.6 cm³/mol. The van der Waals surface area contributed by atoms with Gasteiger partial charge in [-0.25, -0.2) is 8.42 Å². The molecule has 0 spiro atoms. The van der Waals surface area contributed by atoms with E-state index in [9.17, 15) is 8.42 Å². The summed E-state index contributed by atoms with van der Waals surface area (Å²) in [7, 11) is -3.03. The summed E-state index contributed by atoms with van der Waals surface area (Å²) in [5, 5.41) is 3.28. The van der Waals surface area contributed by atoms with Crippen molar-refractivity contribution in [2.45, 2.75) is 19.4 Å². The lowest BCUT2D eigenvalue weighted by atomic mass is 10.1. The molecule has 1 aromatic rings. The van der Waals surface area contributed by atoms with Gasteiger partial charge in [-0.3, -0.25) is 0 Å². The van der Waals surface area contributed by atoms with Crippen LogP contribution in [0, 0.1) is 0 Å². The number of nitrogens with one attached hydrogen (secondary N) is 1. The highest BCUT2D eigenvalue weighted by molar-refractivity contribution is 9.11. The van der Waals surface area contributed by atoms with Gasteiger partial charge in [-0.1, -0.05) is 38.8 Å². The van der Waals surface area contributed by atoms with E-state index in [0.717, 1.165) is 27.5 Å². The highest BCUT2D eigenvalue weighted by atomic mass is 79.9. The Morgan fingerprint density at radius 1 is 1.33 bits per heavy atom. The number of hydrogen-bond acceptors (Lipinski definition) is 3. The van der Waals surface area contributed by atoms with Crippen molar-refractivity contribution in [3.63, 3.8) is 0 Å². The Morgan fingerprint density at radius 2 is 2.00 bits per heavy atom. The maximum absolute atomic E-state index is 11.5. The zero-order valence-corrected chi connectivity index (χ0v) is 14.4. The van der Waals surface area contributed by atoms with Crippen LogP contribution in [0.2, 0.25) is 0 Å². The minimum atomic E-state index is -3.03. The lowest BCUT2D eigenvalue weighted by Gasteiger charge is -2.19. The van der Waals surface area contributed by atoms with Crippen molar-refractivity contribution in [1.82, 2.24) is 5.32 Å². The molecule has 6 heteroatoms. The summed E-state index contributed by atoms with van der Waals surface area (Å²) in [5.41, 5.74) is 0.961. The summed E-state index contributed by atoms with van der Waals surface area (Å²) < 4.78 is 24.9. The van der Waals surface area contributed by atoms with Crippen LogP contribution in [0.4, 0.5) is 0 Å². The first-order chi connectivity index (χ1) is 8.33. The Kier molecular flexibility index (Phi) is 6.30. The van der Waals surface area contributed by atoms with Crippen LogP contribution in [0.25, 0.3) is 0 Å². The minimum absolute atomic E-state index is 0.0993. The Morgan fingerprint density at radius 3 is 2.56 bits per heavy atom. The second-order valence-corrected chi connectivity index (χ2v) is 8.22. The predicted octanol–water partition coefficient (Wildman–Crippen LogP) is 3.30. The van der Waals surface area contributed by atoms with Gasteiger partial charge in [-0.15, -0.1) is 0 Å². The van der Waals surface area contributed by atoms with Gasteiger partial charge in [0.1, 0.15) is 9.84 Å². The molecule has 3 nitrogen and oxygen atoms in total. The number of halogens is 2. The van der Waals surface area contributed by atoms with Gasteiger partial charge in [0.15, 0.2) is 0 Å². The van der Waals surface area contributed by atoms with Crippen molar-refractivity contribution in [1.29, 1.82) is 0 Å². The van der Waals surface area contributed by atoms with E-state index in [1.807, 2.05) is 18.2 Å². The molecule has 0 saturated carbocycles. The van der Waals surface area contributed by atoms with Gasteiger partial charge in [0, 0.05) is 21.2 Å². The molecule has 0 saturated heterocycles.